The molecule has 0 aliphatic heterocycles. The van der Waals surface area contributed by atoms with E-state index in [2.05, 4.69) is 6.92 Å². The van der Waals surface area contributed by atoms with Crippen LogP contribution in [0.1, 0.15) is 81.3 Å². The highest BCUT2D eigenvalue weighted by Gasteiger charge is 2.10. The molecule has 0 N–H and O–H groups in total. The zero-order valence-electron chi connectivity index (χ0n) is 13.0. The van der Waals surface area contributed by atoms with Crippen LogP contribution in [0.25, 0.3) is 0 Å². The Bertz CT molecular complexity index is 368. The van der Waals surface area contributed by atoms with E-state index >= 15 is 0 Å². The van der Waals surface area contributed by atoms with Gasteiger partial charge in [0.1, 0.15) is 12.0 Å². The van der Waals surface area contributed by atoms with Crippen LogP contribution in [-0.2, 0) is 11.2 Å². The Labute approximate surface area is 122 Å². The lowest BCUT2D eigenvalue weighted by Crippen LogP contribution is -2.02. The minimum Gasteiger partial charge on any atom is -0.468 e. The second-order valence-corrected chi connectivity index (χ2v) is 5.25. The number of hydrogen-bond acceptors (Lipinski definition) is 3. The molecule has 1 aromatic rings. The summed E-state index contributed by atoms with van der Waals surface area (Å²) in [6, 6.07) is 1.80. The van der Waals surface area contributed by atoms with E-state index in [1.807, 2.05) is 0 Å². The van der Waals surface area contributed by atoms with E-state index in [4.69, 9.17) is 9.15 Å². The predicted molar refractivity (Wildman–Crippen MR) is 81.0 cm³/mol. The van der Waals surface area contributed by atoms with Gasteiger partial charge in [-0.05, 0) is 19.4 Å². The third-order valence-corrected chi connectivity index (χ3v) is 3.44. The zero-order valence-corrected chi connectivity index (χ0v) is 13.0. The summed E-state index contributed by atoms with van der Waals surface area (Å²) in [6.07, 6.45) is 12.8. The van der Waals surface area contributed by atoms with E-state index in [1.165, 1.54) is 51.2 Å². The Morgan fingerprint density at radius 3 is 2.35 bits per heavy atom. The maximum atomic E-state index is 11.5. The maximum Gasteiger partial charge on any atom is 0.341 e. The lowest BCUT2D eigenvalue weighted by Gasteiger charge is -2.00. The highest BCUT2D eigenvalue weighted by Crippen LogP contribution is 2.14. The fourth-order valence-electron chi connectivity index (χ4n) is 2.27. The van der Waals surface area contributed by atoms with E-state index in [9.17, 15) is 4.79 Å². The quantitative estimate of drug-likeness (QED) is 0.416. The third kappa shape index (κ3) is 6.78. The van der Waals surface area contributed by atoms with E-state index < -0.39 is 0 Å². The van der Waals surface area contributed by atoms with Crippen molar-refractivity contribution >= 4 is 5.97 Å². The summed E-state index contributed by atoms with van der Waals surface area (Å²) in [5.41, 5.74) is 0.529. The van der Waals surface area contributed by atoms with Crippen molar-refractivity contribution in [3.63, 3.8) is 0 Å². The Balaban J connectivity index is 2.09. The van der Waals surface area contributed by atoms with Crippen molar-refractivity contribution in [3.05, 3.63) is 23.7 Å². The number of carbonyl (C=O) groups is 1. The van der Waals surface area contributed by atoms with Crippen LogP contribution in [0.3, 0.4) is 0 Å². The average molecular weight is 280 g/mol. The first-order valence-corrected chi connectivity index (χ1v) is 8.02. The lowest BCUT2D eigenvalue weighted by molar-refractivity contribution is 0.0525. The molecule has 0 bridgehead atoms. The molecule has 1 heterocycles. The average Bonchev–Trinajstić information content (AvgIpc) is 2.91. The summed E-state index contributed by atoms with van der Waals surface area (Å²) in [6.45, 7) is 4.45. The van der Waals surface area contributed by atoms with Gasteiger partial charge in [-0.3, -0.25) is 0 Å². The molecule has 0 atom stereocenters. The predicted octanol–water partition coefficient (Wildman–Crippen LogP) is 5.14. The smallest absolute Gasteiger partial charge is 0.341 e. The topological polar surface area (TPSA) is 39.4 Å². The highest BCUT2D eigenvalue weighted by atomic mass is 16.5. The molecule has 0 fully saturated rings. The molecule has 0 saturated heterocycles. The molecule has 0 aliphatic rings. The molecule has 0 aromatic carbocycles. The highest BCUT2D eigenvalue weighted by molar-refractivity contribution is 5.89. The van der Waals surface area contributed by atoms with Gasteiger partial charge in [-0.25, -0.2) is 4.79 Å². The first kappa shape index (κ1) is 16.8. The molecule has 0 amide bonds. The Morgan fingerprint density at radius 1 is 1.05 bits per heavy atom. The van der Waals surface area contributed by atoms with Crippen LogP contribution in [-0.4, -0.2) is 12.6 Å². The van der Waals surface area contributed by atoms with Crippen LogP contribution >= 0.6 is 0 Å². The maximum absolute atomic E-state index is 11.5. The number of unbranched alkanes of at least 4 members (excludes halogenated alkanes) is 7. The normalized spacial score (nSPS) is 10.7. The molecule has 0 aliphatic carbocycles. The number of rotatable bonds is 11. The van der Waals surface area contributed by atoms with Gasteiger partial charge in [-0.1, -0.05) is 51.9 Å². The fourth-order valence-corrected chi connectivity index (χ4v) is 2.27. The summed E-state index contributed by atoms with van der Waals surface area (Å²) >= 11 is 0. The van der Waals surface area contributed by atoms with Crippen molar-refractivity contribution in [1.29, 1.82) is 0 Å². The first-order valence-electron chi connectivity index (χ1n) is 8.02. The van der Waals surface area contributed by atoms with Crippen molar-refractivity contribution in [2.75, 3.05) is 6.61 Å². The van der Waals surface area contributed by atoms with E-state index in [1.54, 1.807) is 13.0 Å². The van der Waals surface area contributed by atoms with Crippen LogP contribution in [0.5, 0.6) is 0 Å². The fraction of sp³-hybridized carbons (Fsp3) is 0.706. The second kappa shape index (κ2) is 10.5. The van der Waals surface area contributed by atoms with Crippen LogP contribution in [0.4, 0.5) is 0 Å². The standard InChI is InChI=1S/C17H28O3/c1-3-5-6-7-8-9-10-11-12-16-13-15(14-20-16)17(18)19-4-2/h13-14H,3-12H2,1-2H3. The number of carbonyl (C=O) groups excluding carboxylic acids is 1. The molecule has 1 aromatic heterocycles. The summed E-state index contributed by atoms with van der Waals surface area (Å²) in [4.78, 5) is 11.5. The minimum atomic E-state index is -0.293. The molecule has 0 unspecified atom stereocenters. The largest absolute Gasteiger partial charge is 0.468 e. The molecule has 0 spiro atoms. The summed E-state index contributed by atoms with van der Waals surface area (Å²) in [5.74, 6) is 0.595. The van der Waals surface area contributed by atoms with Gasteiger partial charge in [-0.2, -0.15) is 0 Å². The van der Waals surface area contributed by atoms with Crippen molar-refractivity contribution in [1.82, 2.24) is 0 Å². The van der Waals surface area contributed by atoms with Gasteiger partial charge in [-0.15, -0.1) is 0 Å². The second-order valence-electron chi connectivity index (χ2n) is 5.25. The van der Waals surface area contributed by atoms with E-state index in [0.29, 0.717) is 12.2 Å². The van der Waals surface area contributed by atoms with Gasteiger partial charge in [0, 0.05) is 6.42 Å². The molecular weight excluding hydrogens is 252 g/mol. The molecule has 0 radical (unpaired) electrons. The van der Waals surface area contributed by atoms with Gasteiger partial charge in [0.25, 0.3) is 0 Å². The molecule has 3 nitrogen and oxygen atoms in total. The number of hydrogen-bond donors (Lipinski definition) is 0. The van der Waals surface area contributed by atoms with Gasteiger partial charge in [0.05, 0.1) is 12.2 Å². The van der Waals surface area contributed by atoms with Gasteiger partial charge >= 0.3 is 5.97 Å². The summed E-state index contributed by atoms with van der Waals surface area (Å²) < 4.78 is 10.3. The van der Waals surface area contributed by atoms with Crippen LogP contribution in [0, 0.1) is 0 Å². The lowest BCUT2D eigenvalue weighted by atomic mass is 10.1. The van der Waals surface area contributed by atoms with Crippen LogP contribution < -0.4 is 0 Å². The first-order chi connectivity index (χ1) is 9.77. The molecule has 114 valence electrons. The monoisotopic (exact) mass is 280 g/mol. The van der Waals surface area contributed by atoms with E-state index in [-0.39, 0.29) is 5.97 Å². The van der Waals surface area contributed by atoms with E-state index in [0.717, 1.165) is 18.6 Å². The van der Waals surface area contributed by atoms with Crippen molar-refractivity contribution in [3.8, 4) is 0 Å². The van der Waals surface area contributed by atoms with Crippen molar-refractivity contribution < 1.29 is 13.9 Å². The molecular formula is C17H28O3. The zero-order chi connectivity index (χ0) is 14.6. The molecule has 3 heteroatoms. The number of esters is 1. The molecule has 20 heavy (non-hydrogen) atoms. The van der Waals surface area contributed by atoms with Crippen LogP contribution in [0.15, 0.2) is 16.7 Å². The number of ether oxygens (including phenoxy) is 1. The molecule has 1 rings (SSSR count). The van der Waals surface area contributed by atoms with Crippen molar-refractivity contribution in [2.24, 2.45) is 0 Å². The van der Waals surface area contributed by atoms with Gasteiger partial charge in [0.2, 0.25) is 0 Å². The number of furan rings is 1. The summed E-state index contributed by atoms with van der Waals surface area (Å²) in [5, 5.41) is 0. The SMILES string of the molecule is CCCCCCCCCCc1cc(C(=O)OCC)co1. The van der Waals surface area contributed by atoms with Crippen molar-refractivity contribution in [2.45, 2.75) is 71.6 Å². The van der Waals surface area contributed by atoms with Crippen LogP contribution in [0.2, 0.25) is 0 Å². The molecule has 0 saturated carbocycles. The van der Waals surface area contributed by atoms with Gasteiger partial charge in [0.15, 0.2) is 0 Å². The Kier molecular flexibility index (Phi) is 8.84. The summed E-state index contributed by atoms with van der Waals surface area (Å²) in [7, 11) is 0. The minimum absolute atomic E-state index is 0.293. The Hall–Kier alpha value is -1.25. The number of aryl methyl sites for hydroxylation is 1. The third-order valence-electron chi connectivity index (χ3n) is 3.44. The Morgan fingerprint density at radius 2 is 1.70 bits per heavy atom. The van der Waals surface area contributed by atoms with Gasteiger partial charge < -0.3 is 9.15 Å².